The molecule has 0 saturated carbocycles. The second-order valence-electron chi connectivity index (χ2n) is 4.10. The molecule has 1 aromatic rings. The Balaban J connectivity index is 2.15. The highest BCUT2D eigenvalue weighted by molar-refractivity contribution is 5.94. The first-order chi connectivity index (χ1) is 8.36. The van der Waals surface area contributed by atoms with Crippen molar-refractivity contribution in [2.24, 2.45) is 5.92 Å². The molecule has 1 aliphatic rings. The van der Waals surface area contributed by atoms with Crippen LogP contribution in [0.5, 0.6) is 0 Å². The average molecular weight is 258 g/mol. The molecule has 1 saturated heterocycles. The second kappa shape index (κ2) is 4.44. The Morgan fingerprint density at radius 3 is 2.56 bits per heavy atom. The van der Waals surface area contributed by atoms with Crippen LogP contribution < -0.4 is 0 Å². The molecular weight excluding hydrogens is 249 g/mol. The highest BCUT2D eigenvalue weighted by Crippen LogP contribution is 2.30. The van der Waals surface area contributed by atoms with E-state index < -0.39 is 29.6 Å². The maximum atomic E-state index is 12.5. The van der Waals surface area contributed by atoms with Crippen molar-refractivity contribution in [3.63, 3.8) is 0 Å². The molecular formula is C12H9F3O3. The molecule has 0 bridgehead atoms. The molecule has 0 N–H and O–H groups in total. The van der Waals surface area contributed by atoms with Crippen molar-refractivity contribution in [2.45, 2.75) is 19.0 Å². The number of cyclic esters (lactones) is 2. The summed E-state index contributed by atoms with van der Waals surface area (Å²) in [5, 5.41) is 0. The van der Waals surface area contributed by atoms with Crippen molar-refractivity contribution >= 4 is 11.9 Å². The molecule has 6 heteroatoms. The third-order valence-electron chi connectivity index (χ3n) is 2.70. The maximum Gasteiger partial charge on any atom is 0.416 e. The summed E-state index contributed by atoms with van der Waals surface area (Å²) < 4.78 is 41.8. The lowest BCUT2D eigenvalue weighted by Gasteiger charge is -2.09. The van der Waals surface area contributed by atoms with Crippen LogP contribution in [0.2, 0.25) is 0 Å². The average Bonchev–Trinajstić information content (AvgIpc) is 2.56. The third-order valence-corrected chi connectivity index (χ3v) is 2.70. The Hall–Kier alpha value is -1.85. The standard InChI is InChI=1S/C12H9F3O3/c13-12(14,15)9-3-1-2-7(5-9)4-8-6-10(16)18-11(8)17/h1-3,5,8H,4,6H2. The third kappa shape index (κ3) is 2.69. The van der Waals surface area contributed by atoms with Gasteiger partial charge in [0.05, 0.1) is 17.9 Å². The van der Waals surface area contributed by atoms with Gasteiger partial charge >= 0.3 is 18.1 Å². The van der Waals surface area contributed by atoms with Gasteiger partial charge in [0.1, 0.15) is 0 Å². The number of carbonyl (C=O) groups excluding carboxylic acids is 2. The SMILES string of the molecule is O=C1CC(Cc2cccc(C(F)(F)F)c2)C(=O)O1. The number of ether oxygens (including phenoxy) is 1. The van der Waals surface area contributed by atoms with Gasteiger partial charge in [0.15, 0.2) is 0 Å². The van der Waals surface area contributed by atoms with Crippen LogP contribution in [0.4, 0.5) is 13.2 Å². The summed E-state index contributed by atoms with van der Waals surface area (Å²) in [4.78, 5) is 22.1. The fraction of sp³-hybridized carbons (Fsp3) is 0.333. The summed E-state index contributed by atoms with van der Waals surface area (Å²) in [6.45, 7) is 0. The highest BCUT2D eigenvalue weighted by atomic mass is 19.4. The normalized spacial score (nSPS) is 20.1. The van der Waals surface area contributed by atoms with Crippen molar-refractivity contribution in [1.82, 2.24) is 0 Å². The number of alkyl halides is 3. The molecule has 1 heterocycles. The summed E-state index contributed by atoms with van der Waals surface area (Å²) in [5.41, 5.74) is -0.404. The summed E-state index contributed by atoms with van der Waals surface area (Å²) >= 11 is 0. The fourth-order valence-electron chi connectivity index (χ4n) is 1.84. The van der Waals surface area contributed by atoms with Crippen molar-refractivity contribution in [3.05, 3.63) is 35.4 Å². The van der Waals surface area contributed by atoms with Gasteiger partial charge in [-0.15, -0.1) is 0 Å². The van der Waals surface area contributed by atoms with Gasteiger partial charge in [-0.05, 0) is 18.1 Å². The van der Waals surface area contributed by atoms with E-state index in [9.17, 15) is 22.8 Å². The molecule has 0 spiro atoms. The first kappa shape index (κ1) is 12.6. The maximum absolute atomic E-state index is 12.5. The van der Waals surface area contributed by atoms with Crippen LogP contribution in [0.1, 0.15) is 17.5 Å². The van der Waals surface area contributed by atoms with Gasteiger partial charge in [0.25, 0.3) is 0 Å². The van der Waals surface area contributed by atoms with Gasteiger partial charge in [-0.25, -0.2) is 0 Å². The van der Waals surface area contributed by atoms with Crippen LogP contribution in [0.25, 0.3) is 0 Å². The Bertz CT molecular complexity index is 494. The lowest BCUT2D eigenvalue weighted by molar-refractivity contribution is -0.153. The van der Waals surface area contributed by atoms with Gasteiger partial charge in [-0.1, -0.05) is 18.2 Å². The number of benzene rings is 1. The summed E-state index contributed by atoms with van der Waals surface area (Å²) in [7, 11) is 0. The molecule has 1 fully saturated rings. The number of carbonyl (C=O) groups is 2. The quantitative estimate of drug-likeness (QED) is 0.604. The van der Waals surface area contributed by atoms with Gasteiger partial charge in [0.2, 0.25) is 0 Å². The van der Waals surface area contributed by atoms with E-state index in [1.807, 2.05) is 0 Å². The molecule has 2 rings (SSSR count). The molecule has 1 aromatic carbocycles. The smallest absolute Gasteiger partial charge is 0.393 e. The molecule has 0 amide bonds. The van der Waals surface area contributed by atoms with Gasteiger partial charge in [-0.3, -0.25) is 9.59 Å². The minimum Gasteiger partial charge on any atom is -0.393 e. The monoisotopic (exact) mass is 258 g/mol. The van der Waals surface area contributed by atoms with Crippen LogP contribution in [0.3, 0.4) is 0 Å². The van der Waals surface area contributed by atoms with Crippen LogP contribution >= 0.6 is 0 Å². The number of hydrogen-bond donors (Lipinski definition) is 0. The van der Waals surface area contributed by atoms with Crippen LogP contribution in [0.15, 0.2) is 24.3 Å². The molecule has 3 nitrogen and oxygen atoms in total. The van der Waals surface area contributed by atoms with Crippen molar-refractivity contribution in [2.75, 3.05) is 0 Å². The Morgan fingerprint density at radius 1 is 1.28 bits per heavy atom. The minimum absolute atomic E-state index is 0.0743. The van der Waals surface area contributed by atoms with Crippen molar-refractivity contribution in [3.8, 4) is 0 Å². The molecule has 0 radical (unpaired) electrons. The highest BCUT2D eigenvalue weighted by Gasteiger charge is 2.34. The summed E-state index contributed by atoms with van der Waals surface area (Å²) in [6, 6.07) is 4.71. The molecule has 1 atom stereocenters. The zero-order valence-electron chi connectivity index (χ0n) is 9.16. The van der Waals surface area contributed by atoms with E-state index in [2.05, 4.69) is 4.74 Å². The van der Waals surface area contributed by atoms with Crippen molar-refractivity contribution in [1.29, 1.82) is 0 Å². The number of halogens is 3. The largest absolute Gasteiger partial charge is 0.416 e. The lowest BCUT2D eigenvalue weighted by Crippen LogP contribution is -2.12. The Labute approximate surface area is 101 Å². The van der Waals surface area contributed by atoms with E-state index in [-0.39, 0.29) is 12.8 Å². The predicted molar refractivity (Wildman–Crippen MR) is 54.4 cm³/mol. The van der Waals surface area contributed by atoms with Crippen LogP contribution in [-0.4, -0.2) is 11.9 Å². The summed E-state index contributed by atoms with van der Waals surface area (Å²) in [5.74, 6) is -1.98. The Morgan fingerprint density at radius 2 is 2.00 bits per heavy atom. The van der Waals surface area contributed by atoms with E-state index in [4.69, 9.17) is 0 Å². The van der Waals surface area contributed by atoms with Crippen LogP contribution in [-0.2, 0) is 26.9 Å². The molecule has 0 aromatic heterocycles. The van der Waals surface area contributed by atoms with E-state index >= 15 is 0 Å². The number of esters is 2. The number of rotatable bonds is 2. The first-order valence-electron chi connectivity index (χ1n) is 5.27. The van der Waals surface area contributed by atoms with E-state index in [1.165, 1.54) is 12.1 Å². The molecule has 1 unspecified atom stereocenters. The predicted octanol–water partition coefficient (Wildman–Crippen LogP) is 2.34. The van der Waals surface area contributed by atoms with E-state index in [0.29, 0.717) is 5.56 Å². The molecule has 0 aliphatic carbocycles. The number of hydrogen-bond acceptors (Lipinski definition) is 3. The molecule has 18 heavy (non-hydrogen) atoms. The topological polar surface area (TPSA) is 43.4 Å². The second-order valence-corrected chi connectivity index (χ2v) is 4.10. The molecule has 96 valence electrons. The molecule has 1 aliphatic heterocycles. The first-order valence-corrected chi connectivity index (χ1v) is 5.27. The van der Waals surface area contributed by atoms with Gasteiger partial charge in [-0.2, -0.15) is 13.2 Å². The van der Waals surface area contributed by atoms with E-state index in [0.717, 1.165) is 12.1 Å². The minimum atomic E-state index is -4.41. The summed E-state index contributed by atoms with van der Waals surface area (Å²) in [6.07, 6.45) is -4.41. The van der Waals surface area contributed by atoms with Crippen molar-refractivity contribution < 1.29 is 27.5 Å². The van der Waals surface area contributed by atoms with Gasteiger partial charge in [0, 0.05) is 0 Å². The van der Waals surface area contributed by atoms with E-state index in [1.54, 1.807) is 0 Å². The van der Waals surface area contributed by atoms with Gasteiger partial charge < -0.3 is 4.74 Å². The fourth-order valence-corrected chi connectivity index (χ4v) is 1.84. The zero-order chi connectivity index (χ0) is 13.3. The van der Waals surface area contributed by atoms with Crippen LogP contribution in [0, 0.1) is 5.92 Å². The Kier molecular flexibility index (Phi) is 3.11. The zero-order valence-corrected chi connectivity index (χ0v) is 9.16. The lowest BCUT2D eigenvalue weighted by atomic mass is 9.97.